The fraction of sp³-hybridized carbons (Fsp3) is 0.0169. The van der Waals surface area contributed by atoms with E-state index in [0.717, 1.165) is 77.5 Å². The van der Waals surface area contributed by atoms with Crippen molar-refractivity contribution < 1.29 is 8.83 Å². The molecule has 0 radical (unpaired) electrons. The maximum absolute atomic E-state index is 6.83. The molecule has 1 aliphatic rings. The van der Waals surface area contributed by atoms with E-state index in [-0.39, 0.29) is 0 Å². The van der Waals surface area contributed by atoms with Gasteiger partial charge in [0.1, 0.15) is 16.7 Å². The topological polar surface area (TPSA) is 29.5 Å². The largest absolute Gasteiger partial charge is 0.455 e. The molecule has 0 saturated carbocycles. The molecular weight excluding hydrogens is 755 g/mol. The molecule has 0 unspecified atom stereocenters. The van der Waals surface area contributed by atoms with Crippen LogP contribution in [0.3, 0.4) is 0 Å². The van der Waals surface area contributed by atoms with Crippen LogP contribution in [0.2, 0.25) is 0 Å². The summed E-state index contributed by atoms with van der Waals surface area (Å²) < 4.78 is 13.4. The molecule has 2 aromatic heterocycles. The maximum Gasteiger partial charge on any atom is 0.159 e. The Kier molecular flexibility index (Phi) is 7.52. The molecule has 0 amide bonds. The van der Waals surface area contributed by atoms with E-state index in [1.807, 2.05) is 6.07 Å². The summed E-state index contributed by atoms with van der Waals surface area (Å²) in [4.78, 5) is 2.41. The van der Waals surface area contributed by atoms with Gasteiger partial charge in [-0.05, 0) is 86.8 Å². The summed E-state index contributed by atoms with van der Waals surface area (Å²) in [7, 11) is 0. The number of fused-ring (bicyclic) bond motifs is 11. The molecule has 10 aromatic carbocycles. The number of hydrogen-bond acceptors (Lipinski definition) is 3. The summed E-state index contributed by atoms with van der Waals surface area (Å²) in [6.07, 6.45) is 0. The molecule has 3 heteroatoms. The van der Waals surface area contributed by atoms with Gasteiger partial charge in [-0.2, -0.15) is 0 Å². The number of rotatable bonds is 6. The van der Waals surface area contributed by atoms with Crippen LogP contribution in [0.4, 0.5) is 17.1 Å². The molecule has 0 aliphatic heterocycles. The van der Waals surface area contributed by atoms with E-state index in [2.05, 4.69) is 223 Å². The monoisotopic (exact) mass is 791 g/mol. The van der Waals surface area contributed by atoms with Crippen molar-refractivity contribution in [2.45, 2.75) is 5.41 Å². The second-order valence-corrected chi connectivity index (χ2v) is 16.3. The van der Waals surface area contributed by atoms with Crippen molar-refractivity contribution >= 4 is 71.7 Å². The normalized spacial score (nSPS) is 13.0. The van der Waals surface area contributed by atoms with Gasteiger partial charge in [-0.1, -0.05) is 182 Å². The molecule has 0 fully saturated rings. The van der Waals surface area contributed by atoms with Crippen LogP contribution in [-0.4, -0.2) is 0 Å². The zero-order valence-electron chi connectivity index (χ0n) is 33.6. The first kappa shape index (κ1) is 34.7. The summed E-state index contributed by atoms with van der Waals surface area (Å²) in [5, 5.41) is 6.73. The minimum Gasteiger partial charge on any atom is -0.455 e. The molecule has 0 bridgehead atoms. The Bertz CT molecular complexity index is 3650. The molecule has 0 saturated heterocycles. The molecule has 12 aromatic rings. The lowest BCUT2D eigenvalue weighted by Gasteiger charge is -2.34. The predicted octanol–water partition coefficient (Wildman–Crippen LogP) is 16.1. The molecule has 2 heterocycles. The van der Waals surface area contributed by atoms with Gasteiger partial charge >= 0.3 is 0 Å². The van der Waals surface area contributed by atoms with Crippen molar-refractivity contribution in [1.82, 2.24) is 0 Å². The zero-order chi connectivity index (χ0) is 40.8. The molecule has 13 rings (SSSR count). The highest BCUT2D eigenvalue weighted by Gasteiger charge is 2.47. The van der Waals surface area contributed by atoms with Gasteiger partial charge in [0.2, 0.25) is 0 Å². The molecule has 3 nitrogen and oxygen atoms in total. The van der Waals surface area contributed by atoms with Crippen LogP contribution in [0.15, 0.2) is 233 Å². The Morgan fingerprint density at radius 1 is 0.355 bits per heavy atom. The fourth-order valence-electron chi connectivity index (χ4n) is 10.6. The summed E-state index contributed by atoms with van der Waals surface area (Å²) in [5.74, 6) is 0. The number of para-hydroxylation sites is 2. The van der Waals surface area contributed by atoms with Crippen LogP contribution >= 0.6 is 0 Å². The summed E-state index contributed by atoms with van der Waals surface area (Å²) in [6, 6.07) is 80.9. The van der Waals surface area contributed by atoms with Gasteiger partial charge in [-0.3, -0.25) is 0 Å². The van der Waals surface area contributed by atoms with Crippen molar-refractivity contribution in [2.75, 3.05) is 4.90 Å². The van der Waals surface area contributed by atoms with E-state index >= 15 is 0 Å². The Morgan fingerprint density at radius 2 is 0.952 bits per heavy atom. The summed E-state index contributed by atoms with van der Waals surface area (Å²) >= 11 is 0. The van der Waals surface area contributed by atoms with E-state index < -0.39 is 5.41 Å². The lowest BCUT2D eigenvalue weighted by atomic mass is 9.68. The SMILES string of the molecule is c1ccc(C2(c3ccccc3)c3ccccc3-c3c(N(c4ccc(-c5cccc6oc7c8ccccc8ccc7c56)cc4)c4cccc5c4oc4ccccc45)cccc32)cc1. The zero-order valence-corrected chi connectivity index (χ0v) is 33.6. The summed E-state index contributed by atoms with van der Waals surface area (Å²) in [5.41, 5.74) is 15.7. The first-order valence-corrected chi connectivity index (χ1v) is 21.3. The van der Waals surface area contributed by atoms with Crippen molar-refractivity contribution in [3.05, 3.63) is 247 Å². The van der Waals surface area contributed by atoms with Crippen LogP contribution in [0.25, 0.3) is 76.9 Å². The van der Waals surface area contributed by atoms with Gasteiger partial charge in [-0.25, -0.2) is 0 Å². The van der Waals surface area contributed by atoms with E-state index in [4.69, 9.17) is 8.83 Å². The van der Waals surface area contributed by atoms with Crippen molar-refractivity contribution in [3.8, 4) is 22.3 Å². The van der Waals surface area contributed by atoms with Crippen LogP contribution in [-0.2, 0) is 5.41 Å². The highest BCUT2D eigenvalue weighted by molar-refractivity contribution is 6.19. The van der Waals surface area contributed by atoms with E-state index in [1.54, 1.807) is 0 Å². The molecule has 62 heavy (non-hydrogen) atoms. The number of benzene rings is 10. The Hall–Kier alpha value is -8.14. The molecule has 0 spiro atoms. The first-order valence-electron chi connectivity index (χ1n) is 21.3. The highest BCUT2D eigenvalue weighted by atomic mass is 16.3. The maximum atomic E-state index is 6.83. The average molecular weight is 792 g/mol. The van der Waals surface area contributed by atoms with Gasteiger partial charge in [0, 0.05) is 38.2 Å². The third kappa shape index (κ3) is 4.88. The van der Waals surface area contributed by atoms with Gasteiger partial charge < -0.3 is 13.7 Å². The van der Waals surface area contributed by atoms with Crippen molar-refractivity contribution in [2.24, 2.45) is 0 Å². The van der Waals surface area contributed by atoms with Crippen LogP contribution in [0.5, 0.6) is 0 Å². The molecule has 0 atom stereocenters. The van der Waals surface area contributed by atoms with Crippen LogP contribution in [0.1, 0.15) is 22.3 Å². The van der Waals surface area contributed by atoms with Crippen LogP contribution < -0.4 is 4.90 Å². The van der Waals surface area contributed by atoms with Gasteiger partial charge in [-0.15, -0.1) is 0 Å². The standard InChI is InChI=1S/C59H37NO2/c1-3-17-40(18-4-1)59(41-19-5-2-6-20-41)49-26-11-9-23-47(49)56-50(59)27-15-28-51(56)60(52-29-13-25-46-45-22-10-12-30-53(45)61-58(46)52)42-35-32-39(33-36-42)43-24-14-31-54-55(43)48-37-34-38-16-7-8-21-44(38)57(48)62-54/h1-37H. The van der Waals surface area contributed by atoms with Crippen molar-refractivity contribution in [3.63, 3.8) is 0 Å². The predicted molar refractivity (Wildman–Crippen MR) is 256 cm³/mol. The number of furan rings is 2. The lowest BCUT2D eigenvalue weighted by molar-refractivity contribution is 0.669. The number of hydrogen-bond donors (Lipinski definition) is 0. The number of nitrogens with zero attached hydrogens (tertiary/aromatic N) is 1. The second-order valence-electron chi connectivity index (χ2n) is 16.3. The first-order chi connectivity index (χ1) is 30.8. The lowest BCUT2D eigenvalue weighted by Crippen LogP contribution is -2.28. The fourth-order valence-corrected chi connectivity index (χ4v) is 10.6. The van der Waals surface area contributed by atoms with E-state index in [1.165, 1.54) is 38.8 Å². The highest BCUT2D eigenvalue weighted by Crippen LogP contribution is 2.60. The third-order valence-corrected chi connectivity index (χ3v) is 13.1. The van der Waals surface area contributed by atoms with Crippen LogP contribution in [0, 0.1) is 0 Å². The third-order valence-electron chi connectivity index (χ3n) is 13.1. The Balaban J connectivity index is 1.06. The minimum absolute atomic E-state index is 0.539. The second kappa shape index (κ2) is 13.4. The van der Waals surface area contributed by atoms with E-state index in [0.29, 0.717) is 0 Å². The Labute approximate surface area is 358 Å². The minimum atomic E-state index is -0.539. The van der Waals surface area contributed by atoms with Gasteiger partial charge in [0.25, 0.3) is 0 Å². The van der Waals surface area contributed by atoms with E-state index in [9.17, 15) is 0 Å². The quantitative estimate of drug-likeness (QED) is 0.168. The molecule has 290 valence electrons. The van der Waals surface area contributed by atoms with Gasteiger partial charge in [0.15, 0.2) is 5.58 Å². The molecule has 0 N–H and O–H groups in total. The average Bonchev–Trinajstić information content (AvgIpc) is 4.02. The van der Waals surface area contributed by atoms with Crippen molar-refractivity contribution in [1.29, 1.82) is 0 Å². The van der Waals surface area contributed by atoms with Gasteiger partial charge in [0.05, 0.1) is 16.8 Å². The molecular formula is C59H37NO2. The number of anilines is 3. The summed E-state index contributed by atoms with van der Waals surface area (Å²) in [6.45, 7) is 0. The smallest absolute Gasteiger partial charge is 0.159 e. The molecule has 1 aliphatic carbocycles. The Morgan fingerprint density at radius 3 is 1.77 bits per heavy atom.